The highest BCUT2D eigenvalue weighted by molar-refractivity contribution is 5.93. The summed E-state index contributed by atoms with van der Waals surface area (Å²) in [7, 11) is 1.20. The maximum Gasteiger partial charge on any atom is 0.360 e. The minimum absolute atomic E-state index is 0.0550. The van der Waals surface area contributed by atoms with E-state index in [0.29, 0.717) is 0 Å². The molecule has 0 amide bonds. The summed E-state index contributed by atoms with van der Waals surface area (Å²) in [6.07, 6.45) is 0. The summed E-state index contributed by atoms with van der Waals surface area (Å²) in [5, 5.41) is 15.5. The van der Waals surface area contributed by atoms with Gasteiger partial charge >= 0.3 is 5.97 Å². The van der Waals surface area contributed by atoms with Crippen molar-refractivity contribution in [1.29, 1.82) is 0 Å². The second kappa shape index (κ2) is 3.68. The van der Waals surface area contributed by atoms with Gasteiger partial charge in [-0.1, -0.05) is 0 Å². The molecule has 4 N–H and O–H groups in total. The second-order valence-corrected chi connectivity index (χ2v) is 2.13. The molecule has 1 rings (SSSR count). The van der Waals surface area contributed by atoms with Crippen LogP contribution in [0, 0.1) is 0 Å². The number of ether oxygens (including phenoxy) is 1. The zero-order valence-corrected chi connectivity index (χ0v) is 6.81. The van der Waals surface area contributed by atoms with E-state index in [2.05, 4.69) is 14.9 Å². The van der Waals surface area contributed by atoms with E-state index in [1.54, 1.807) is 5.48 Å². The molecule has 0 aliphatic rings. The number of nitrogen functional groups attached to an aromatic ring is 1. The molecule has 0 aliphatic carbocycles. The van der Waals surface area contributed by atoms with Crippen molar-refractivity contribution >= 4 is 17.5 Å². The van der Waals surface area contributed by atoms with Crippen molar-refractivity contribution in [1.82, 2.24) is 10.2 Å². The second-order valence-electron chi connectivity index (χ2n) is 2.13. The number of carbonyl (C=O) groups excluding carboxylic acids is 1. The van der Waals surface area contributed by atoms with Crippen LogP contribution in [0.25, 0.3) is 0 Å². The van der Waals surface area contributed by atoms with Crippen molar-refractivity contribution in [3.63, 3.8) is 0 Å². The lowest BCUT2D eigenvalue weighted by molar-refractivity contribution is 0.0593. The minimum Gasteiger partial charge on any atom is -0.464 e. The third kappa shape index (κ3) is 1.82. The van der Waals surface area contributed by atoms with Gasteiger partial charge in [-0.2, -0.15) is 0 Å². The smallest absolute Gasteiger partial charge is 0.360 e. The lowest BCUT2D eigenvalue weighted by atomic mass is 10.3. The van der Waals surface area contributed by atoms with Gasteiger partial charge in [0.05, 0.1) is 12.8 Å². The molecular weight excluding hydrogens is 176 g/mol. The molecule has 1 aromatic heterocycles. The standard InChI is InChI=1S/C6H8N4O3/c1-13-6(11)5-3(10-12)2-4(7)8-9-5/h2,12H,1H3,(H3,7,8,10). The van der Waals surface area contributed by atoms with Crippen molar-refractivity contribution in [2.45, 2.75) is 0 Å². The maximum atomic E-state index is 11.0. The molecule has 1 heterocycles. The van der Waals surface area contributed by atoms with Gasteiger partial charge in [-0.05, 0) is 0 Å². The van der Waals surface area contributed by atoms with E-state index in [9.17, 15) is 4.79 Å². The number of hydrogen-bond acceptors (Lipinski definition) is 7. The number of anilines is 2. The Morgan fingerprint density at radius 2 is 2.38 bits per heavy atom. The van der Waals surface area contributed by atoms with Crippen molar-refractivity contribution in [2.75, 3.05) is 18.3 Å². The van der Waals surface area contributed by atoms with Crippen LogP contribution in [0.2, 0.25) is 0 Å². The molecule has 13 heavy (non-hydrogen) atoms. The number of hydrogen-bond donors (Lipinski definition) is 3. The van der Waals surface area contributed by atoms with Gasteiger partial charge in [0, 0.05) is 6.07 Å². The Labute approximate surface area is 73.5 Å². The zero-order valence-electron chi connectivity index (χ0n) is 6.81. The summed E-state index contributed by atoms with van der Waals surface area (Å²) in [5.41, 5.74) is 6.97. The van der Waals surface area contributed by atoms with Crippen LogP contribution in [0.4, 0.5) is 11.5 Å². The van der Waals surface area contributed by atoms with Crippen LogP contribution in [0.15, 0.2) is 6.07 Å². The molecule has 0 fully saturated rings. The fourth-order valence-corrected chi connectivity index (χ4v) is 0.739. The van der Waals surface area contributed by atoms with Crippen molar-refractivity contribution in [3.8, 4) is 0 Å². The van der Waals surface area contributed by atoms with E-state index in [1.807, 2.05) is 0 Å². The van der Waals surface area contributed by atoms with Gasteiger partial charge in [0.25, 0.3) is 0 Å². The van der Waals surface area contributed by atoms with E-state index in [-0.39, 0.29) is 17.2 Å². The molecule has 70 valence electrons. The van der Waals surface area contributed by atoms with Gasteiger partial charge in [-0.3, -0.25) is 10.7 Å². The average Bonchev–Trinajstić information content (AvgIpc) is 2.16. The molecule has 0 atom stereocenters. The number of nitrogens with zero attached hydrogens (tertiary/aromatic N) is 2. The van der Waals surface area contributed by atoms with Crippen molar-refractivity contribution < 1.29 is 14.7 Å². The number of rotatable bonds is 2. The molecule has 0 aromatic carbocycles. The number of methoxy groups -OCH3 is 1. The molecule has 0 bridgehead atoms. The molecule has 0 unspecified atom stereocenters. The van der Waals surface area contributed by atoms with E-state index >= 15 is 0 Å². The van der Waals surface area contributed by atoms with E-state index < -0.39 is 5.97 Å². The SMILES string of the molecule is COC(=O)c1nnc(N)cc1NO. The molecule has 0 radical (unpaired) electrons. The fraction of sp³-hybridized carbons (Fsp3) is 0.167. The summed E-state index contributed by atoms with van der Waals surface area (Å²) in [4.78, 5) is 11.0. The number of aromatic nitrogens is 2. The van der Waals surface area contributed by atoms with Crippen LogP contribution in [-0.2, 0) is 4.74 Å². The number of carbonyl (C=O) groups is 1. The van der Waals surface area contributed by atoms with Gasteiger partial charge in [0.1, 0.15) is 5.82 Å². The first-order valence-corrected chi connectivity index (χ1v) is 3.30. The molecule has 7 nitrogen and oxygen atoms in total. The Morgan fingerprint density at radius 1 is 1.69 bits per heavy atom. The van der Waals surface area contributed by atoms with Crippen LogP contribution >= 0.6 is 0 Å². The van der Waals surface area contributed by atoms with Gasteiger partial charge in [0.2, 0.25) is 0 Å². The normalized spacial score (nSPS) is 9.38. The highest BCUT2D eigenvalue weighted by atomic mass is 16.5. The first-order valence-electron chi connectivity index (χ1n) is 3.30. The van der Waals surface area contributed by atoms with E-state index in [4.69, 9.17) is 10.9 Å². The molecule has 0 aliphatic heterocycles. The molecular formula is C6H8N4O3. The Bertz CT molecular complexity index is 328. The van der Waals surface area contributed by atoms with Gasteiger partial charge in [-0.15, -0.1) is 10.2 Å². The van der Waals surface area contributed by atoms with Crippen molar-refractivity contribution in [2.24, 2.45) is 0 Å². The summed E-state index contributed by atoms with van der Waals surface area (Å²) in [6.45, 7) is 0. The Morgan fingerprint density at radius 3 is 2.92 bits per heavy atom. The summed E-state index contributed by atoms with van der Waals surface area (Å²) < 4.78 is 4.39. The molecule has 0 saturated heterocycles. The van der Waals surface area contributed by atoms with Gasteiger partial charge < -0.3 is 10.5 Å². The number of esters is 1. The summed E-state index contributed by atoms with van der Waals surface area (Å²) in [6, 6.07) is 1.26. The third-order valence-electron chi connectivity index (χ3n) is 1.31. The quantitative estimate of drug-likeness (QED) is 0.425. The number of nitrogens with one attached hydrogen (secondary N) is 1. The Hall–Kier alpha value is -1.89. The lowest BCUT2D eigenvalue weighted by Gasteiger charge is -2.04. The van der Waals surface area contributed by atoms with Gasteiger partial charge in [-0.25, -0.2) is 4.79 Å². The van der Waals surface area contributed by atoms with Crippen LogP contribution in [0.3, 0.4) is 0 Å². The monoisotopic (exact) mass is 184 g/mol. The topological polar surface area (TPSA) is 110 Å². The highest BCUT2D eigenvalue weighted by Gasteiger charge is 2.14. The first kappa shape index (κ1) is 9.20. The first-order chi connectivity index (χ1) is 6.19. The lowest BCUT2D eigenvalue weighted by Crippen LogP contribution is -2.11. The average molecular weight is 184 g/mol. The highest BCUT2D eigenvalue weighted by Crippen LogP contribution is 2.13. The van der Waals surface area contributed by atoms with Crippen LogP contribution < -0.4 is 11.2 Å². The minimum atomic E-state index is -0.705. The molecule has 0 spiro atoms. The van der Waals surface area contributed by atoms with Crippen molar-refractivity contribution in [3.05, 3.63) is 11.8 Å². The molecule has 7 heteroatoms. The predicted octanol–water partition coefficient (Wildman–Crippen LogP) is -0.354. The molecule has 0 saturated carbocycles. The zero-order chi connectivity index (χ0) is 9.84. The Balaban J connectivity index is 3.13. The molecule has 1 aromatic rings. The fourth-order valence-electron chi connectivity index (χ4n) is 0.739. The van der Waals surface area contributed by atoms with E-state index in [0.717, 1.165) is 0 Å². The largest absolute Gasteiger partial charge is 0.464 e. The maximum absolute atomic E-state index is 11.0. The number of nitrogens with two attached hydrogens (primary N) is 1. The predicted molar refractivity (Wildman–Crippen MR) is 43.2 cm³/mol. The van der Waals surface area contributed by atoms with Gasteiger partial charge in [0.15, 0.2) is 5.69 Å². The third-order valence-corrected chi connectivity index (χ3v) is 1.31. The summed E-state index contributed by atoms with van der Waals surface area (Å²) in [5.74, 6) is -0.617. The van der Waals surface area contributed by atoms with E-state index in [1.165, 1.54) is 13.2 Å². The summed E-state index contributed by atoms with van der Waals surface area (Å²) >= 11 is 0. The van der Waals surface area contributed by atoms with Crippen LogP contribution in [0.5, 0.6) is 0 Å². The van der Waals surface area contributed by atoms with Crippen LogP contribution in [-0.4, -0.2) is 28.5 Å². The Kier molecular flexibility index (Phi) is 2.60. The van der Waals surface area contributed by atoms with Crippen LogP contribution in [0.1, 0.15) is 10.5 Å².